The number of nitrogens with zero attached hydrogens (tertiary/aromatic N) is 3. The lowest BCUT2D eigenvalue weighted by atomic mass is 10.1. The van der Waals surface area contributed by atoms with Gasteiger partial charge < -0.3 is 14.3 Å². The fraction of sp³-hybridized carbons (Fsp3) is 0.136. The molecule has 1 unspecified atom stereocenters. The molecular formula is C22H20IN5O2. The molecule has 0 fully saturated rings. The van der Waals surface area contributed by atoms with Gasteiger partial charge in [0.15, 0.2) is 6.10 Å². The Morgan fingerprint density at radius 2 is 1.80 bits per heavy atom. The summed E-state index contributed by atoms with van der Waals surface area (Å²) in [5, 5.41) is 2.76. The van der Waals surface area contributed by atoms with Crippen LogP contribution in [0.1, 0.15) is 6.92 Å². The van der Waals surface area contributed by atoms with Gasteiger partial charge in [0, 0.05) is 22.4 Å². The molecular weight excluding hydrogens is 493 g/mol. The van der Waals surface area contributed by atoms with Crippen molar-refractivity contribution >= 4 is 34.4 Å². The maximum atomic E-state index is 12.5. The minimum atomic E-state index is -0.683. The quantitative estimate of drug-likeness (QED) is 0.373. The van der Waals surface area contributed by atoms with Crippen LogP contribution in [0, 0.1) is 3.57 Å². The van der Waals surface area contributed by atoms with Crippen LogP contribution in [0.5, 0.6) is 5.75 Å². The van der Waals surface area contributed by atoms with Crippen LogP contribution < -0.4 is 10.1 Å². The molecule has 0 aliphatic heterocycles. The van der Waals surface area contributed by atoms with Crippen LogP contribution in [0.4, 0.5) is 5.95 Å². The Kier molecular flexibility index (Phi) is 5.84. The molecule has 0 bridgehead atoms. The second-order valence-corrected chi connectivity index (χ2v) is 8.10. The van der Waals surface area contributed by atoms with Gasteiger partial charge in [0.2, 0.25) is 5.95 Å². The Labute approximate surface area is 187 Å². The number of rotatable bonds is 6. The van der Waals surface area contributed by atoms with E-state index in [0.717, 1.165) is 26.1 Å². The minimum absolute atomic E-state index is 0.285. The van der Waals surface area contributed by atoms with E-state index in [0.29, 0.717) is 11.7 Å². The van der Waals surface area contributed by atoms with Crippen LogP contribution >= 0.6 is 22.6 Å². The molecule has 1 amide bonds. The molecule has 2 aromatic heterocycles. The van der Waals surface area contributed by atoms with Gasteiger partial charge in [-0.25, -0.2) is 9.97 Å². The van der Waals surface area contributed by atoms with Gasteiger partial charge in [-0.2, -0.15) is 0 Å². The minimum Gasteiger partial charge on any atom is -0.481 e. The monoisotopic (exact) mass is 513 g/mol. The summed E-state index contributed by atoms with van der Waals surface area (Å²) >= 11 is 2.26. The first kappa shape index (κ1) is 20.1. The highest BCUT2D eigenvalue weighted by molar-refractivity contribution is 14.1. The van der Waals surface area contributed by atoms with Gasteiger partial charge in [0.25, 0.3) is 5.91 Å². The van der Waals surface area contributed by atoms with Crippen molar-refractivity contribution in [1.82, 2.24) is 19.5 Å². The molecule has 0 spiro atoms. The summed E-state index contributed by atoms with van der Waals surface area (Å²) in [5.41, 5.74) is 3.71. The van der Waals surface area contributed by atoms with E-state index in [9.17, 15) is 4.79 Å². The molecule has 0 saturated carbocycles. The van der Waals surface area contributed by atoms with Crippen molar-refractivity contribution in [3.63, 3.8) is 0 Å². The van der Waals surface area contributed by atoms with Crippen molar-refractivity contribution in [1.29, 1.82) is 0 Å². The molecule has 1 atom stereocenters. The Bertz CT molecular complexity index is 1150. The van der Waals surface area contributed by atoms with Gasteiger partial charge >= 0.3 is 0 Å². The SMILES string of the molecule is CC(Oc1ccc(-c2cn(C)cn2)cc1)C(=O)Nc1ncc(-c2ccc(I)cc2)[nH]1. The highest BCUT2D eigenvalue weighted by Gasteiger charge is 2.16. The van der Waals surface area contributed by atoms with Gasteiger partial charge in [0.05, 0.1) is 23.9 Å². The predicted octanol–water partition coefficient (Wildman–Crippen LogP) is 4.49. The third kappa shape index (κ3) is 4.70. The number of benzene rings is 2. The number of anilines is 1. The maximum Gasteiger partial charge on any atom is 0.267 e. The molecule has 152 valence electrons. The Morgan fingerprint density at radius 1 is 1.10 bits per heavy atom. The standard InChI is InChI=1S/C22H20IN5O2/c1-14(30-18-9-5-16(6-10-18)20-12-28(2)13-25-20)21(29)27-22-24-11-19(26-22)15-3-7-17(23)8-4-15/h3-14H,1-2H3,(H2,24,26,27,29). The van der Waals surface area contributed by atoms with Crippen LogP contribution in [-0.2, 0) is 11.8 Å². The van der Waals surface area contributed by atoms with Gasteiger partial charge in [-0.3, -0.25) is 10.1 Å². The molecule has 2 N–H and O–H groups in total. The van der Waals surface area contributed by atoms with Crippen LogP contribution in [-0.4, -0.2) is 31.5 Å². The van der Waals surface area contributed by atoms with Crippen LogP contribution in [0.25, 0.3) is 22.5 Å². The summed E-state index contributed by atoms with van der Waals surface area (Å²) < 4.78 is 8.82. The van der Waals surface area contributed by atoms with Crippen molar-refractivity contribution in [3.05, 3.63) is 70.8 Å². The number of carbonyl (C=O) groups excluding carboxylic acids is 1. The van der Waals surface area contributed by atoms with E-state index in [1.54, 1.807) is 19.4 Å². The average Bonchev–Trinajstić information content (AvgIpc) is 3.38. The lowest BCUT2D eigenvalue weighted by molar-refractivity contribution is -0.122. The Balaban J connectivity index is 1.36. The normalized spacial score (nSPS) is 11.8. The maximum absolute atomic E-state index is 12.5. The average molecular weight is 513 g/mol. The van der Waals surface area contributed by atoms with Crippen molar-refractivity contribution in [3.8, 4) is 28.3 Å². The number of aryl methyl sites for hydroxylation is 1. The van der Waals surface area contributed by atoms with Crippen LogP contribution in [0.2, 0.25) is 0 Å². The van der Waals surface area contributed by atoms with E-state index in [1.165, 1.54) is 0 Å². The molecule has 30 heavy (non-hydrogen) atoms. The molecule has 4 rings (SSSR count). The third-order valence-electron chi connectivity index (χ3n) is 4.51. The second-order valence-electron chi connectivity index (χ2n) is 6.85. The van der Waals surface area contributed by atoms with E-state index in [2.05, 4.69) is 42.9 Å². The first-order chi connectivity index (χ1) is 14.5. The third-order valence-corrected chi connectivity index (χ3v) is 5.23. The number of imidazole rings is 2. The fourth-order valence-electron chi connectivity index (χ4n) is 2.90. The largest absolute Gasteiger partial charge is 0.481 e. The lowest BCUT2D eigenvalue weighted by Crippen LogP contribution is -2.30. The first-order valence-corrected chi connectivity index (χ1v) is 10.4. The Morgan fingerprint density at radius 3 is 2.47 bits per heavy atom. The zero-order valence-corrected chi connectivity index (χ0v) is 18.6. The van der Waals surface area contributed by atoms with Crippen LogP contribution in [0.15, 0.2) is 67.3 Å². The number of hydrogen-bond acceptors (Lipinski definition) is 4. The van der Waals surface area contributed by atoms with E-state index >= 15 is 0 Å². The molecule has 0 saturated heterocycles. The molecule has 8 heteroatoms. The fourth-order valence-corrected chi connectivity index (χ4v) is 3.26. The van der Waals surface area contributed by atoms with E-state index in [1.807, 2.05) is 66.3 Å². The van der Waals surface area contributed by atoms with Crippen LogP contribution in [0.3, 0.4) is 0 Å². The van der Waals surface area contributed by atoms with E-state index in [4.69, 9.17) is 4.74 Å². The van der Waals surface area contributed by atoms with Gasteiger partial charge in [-0.05, 0) is 71.5 Å². The molecule has 0 radical (unpaired) electrons. The summed E-state index contributed by atoms with van der Waals surface area (Å²) in [6.07, 6.45) is 4.71. The van der Waals surface area contributed by atoms with Crippen molar-refractivity contribution in [2.24, 2.45) is 7.05 Å². The summed E-state index contributed by atoms with van der Waals surface area (Å²) in [6.45, 7) is 1.70. The molecule has 0 aliphatic carbocycles. The highest BCUT2D eigenvalue weighted by atomic mass is 127. The molecule has 7 nitrogen and oxygen atoms in total. The highest BCUT2D eigenvalue weighted by Crippen LogP contribution is 2.22. The van der Waals surface area contributed by atoms with Crippen molar-refractivity contribution < 1.29 is 9.53 Å². The summed E-state index contributed by atoms with van der Waals surface area (Å²) in [5.74, 6) is 0.707. The number of aromatic amines is 1. The first-order valence-electron chi connectivity index (χ1n) is 9.35. The van der Waals surface area contributed by atoms with Crippen molar-refractivity contribution in [2.45, 2.75) is 13.0 Å². The molecule has 0 aliphatic rings. The molecule has 2 heterocycles. The zero-order valence-electron chi connectivity index (χ0n) is 16.5. The van der Waals surface area contributed by atoms with Gasteiger partial charge in [0.1, 0.15) is 5.75 Å². The number of nitrogens with one attached hydrogen (secondary N) is 2. The number of carbonyl (C=O) groups is 1. The second kappa shape index (κ2) is 8.70. The predicted molar refractivity (Wildman–Crippen MR) is 124 cm³/mol. The van der Waals surface area contributed by atoms with Gasteiger partial charge in [-0.1, -0.05) is 12.1 Å². The topological polar surface area (TPSA) is 84.8 Å². The van der Waals surface area contributed by atoms with Gasteiger partial charge in [-0.15, -0.1) is 0 Å². The smallest absolute Gasteiger partial charge is 0.267 e. The summed E-state index contributed by atoms with van der Waals surface area (Å²) in [7, 11) is 1.93. The number of H-pyrrole nitrogens is 1. The summed E-state index contributed by atoms with van der Waals surface area (Å²) in [6, 6.07) is 15.5. The number of halogens is 1. The molecule has 4 aromatic rings. The molecule has 2 aromatic carbocycles. The van der Waals surface area contributed by atoms with E-state index in [-0.39, 0.29) is 5.91 Å². The summed E-state index contributed by atoms with van der Waals surface area (Å²) in [4.78, 5) is 24.2. The van der Waals surface area contributed by atoms with Crippen molar-refractivity contribution in [2.75, 3.05) is 5.32 Å². The number of aromatic nitrogens is 4. The van der Waals surface area contributed by atoms with E-state index < -0.39 is 6.10 Å². The number of hydrogen-bond donors (Lipinski definition) is 2. The zero-order chi connectivity index (χ0) is 21.1. The Hall–Kier alpha value is -3.14. The lowest BCUT2D eigenvalue weighted by Gasteiger charge is -2.14. The number of ether oxygens (including phenoxy) is 1. The number of amides is 1.